The van der Waals surface area contributed by atoms with Gasteiger partial charge in [0, 0.05) is 11.5 Å². The number of benzene rings is 1. The second-order valence-corrected chi connectivity index (χ2v) is 6.06. The van der Waals surface area contributed by atoms with Gasteiger partial charge in [-0.05, 0) is 38.8 Å². The van der Waals surface area contributed by atoms with E-state index in [-0.39, 0.29) is 5.41 Å². The Hall–Kier alpha value is -1.55. The van der Waals surface area contributed by atoms with Gasteiger partial charge in [-0.1, -0.05) is 48.8 Å². The Morgan fingerprint density at radius 1 is 1.35 bits per heavy atom. The quantitative estimate of drug-likeness (QED) is 0.236. The summed E-state index contributed by atoms with van der Waals surface area (Å²) in [5.74, 6) is 0.295. The van der Waals surface area contributed by atoms with Crippen molar-refractivity contribution in [2.24, 2.45) is 16.3 Å². The second kappa shape index (κ2) is 7.29. The number of amidine groups is 1. The number of hydrogen-bond acceptors (Lipinski definition) is 3. The highest BCUT2D eigenvalue weighted by atomic mass is 16.4. The fraction of sp³-hybridized carbons (Fsp3) is 0.562. The van der Waals surface area contributed by atoms with Gasteiger partial charge in [-0.3, -0.25) is 0 Å². The molecule has 4 nitrogen and oxygen atoms in total. The van der Waals surface area contributed by atoms with Crippen LogP contribution in [-0.2, 0) is 0 Å². The van der Waals surface area contributed by atoms with Crippen molar-refractivity contribution < 1.29 is 5.21 Å². The van der Waals surface area contributed by atoms with Gasteiger partial charge >= 0.3 is 0 Å². The smallest absolute Gasteiger partial charge is 0.144 e. The van der Waals surface area contributed by atoms with Crippen molar-refractivity contribution in [1.82, 2.24) is 5.32 Å². The summed E-state index contributed by atoms with van der Waals surface area (Å²) in [6, 6.07) is 8.92. The Balaban J connectivity index is 2.36. The maximum Gasteiger partial charge on any atom is 0.144 e. The first-order valence-electron chi connectivity index (χ1n) is 7.15. The number of nitrogens with two attached hydrogens (primary N) is 1. The molecule has 0 amide bonds. The van der Waals surface area contributed by atoms with Crippen LogP contribution in [0.15, 0.2) is 29.4 Å². The van der Waals surface area contributed by atoms with Gasteiger partial charge in [0.25, 0.3) is 0 Å². The molecule has 112 valence electrons. The largest absolute Gasteiger partial charge is 0.409 e. The van der Waals surface area contributed by atoms with Crippen LogP contribution in [0.3, 0.4) is 0 Å². The molecule has 0 bridgehead atoms. The third kappa shape index (κ3) is 4.85. The lowest BCUT2D eigenvalue weighted by atomic mass is 9.86. The fourth-order valence-corrected chi connectivity index (χ4v) is 2.09. The Kier molecular flexibility index (Phi) is 6.02. The van der Waals surface area contributed by atoms with E-state index in [0.717, 1.165) is 19.4 Å². The Morgan fingerprint density at radius 3 is 2.50 bits per heavy atom. The molecule has 0 radical (unpaired) electrons. The number of nitrogens with one attached hydrogen (secondary N) is 1. The SMILES string of the molecule is Cc1ccc(C(C)NCCCC(C)(C)C(N)=NO)cc1. The van der Waals surface area contributed by atoms with Gasteiger partial charge < -0.3 is 16.3 Å². The van der Waals surface area contributed by atoms with Crippen molar-refractivity contribution in [2.75, 3.05) is 6.54 Å². The summed E-state index contributed by atoms with van der Waals surface area (Å²) in [5.41, 5.74) is 7.99. The average molecular weight is 277 g/mol. The van der Waals surface area contributed by atoms with Crippen LogP contribution in [0.25, 0.3) is 0 Å². The van der Waals surface area contributed by atoms with E-state index in [1.54, 1.807) is 0 Å². The van der Waals surface area contributed by atoms with Crippen molar-refractivity contribution in [3.8, 4) is 0 Å². The van der Waals surface area contributed by atoms with E-state index < -0.39 is 0 Å². The van der Waals surface area contributed by atoms with Crippen molar-refractivity contribution in [1.29, 1.82) is 0 Å². The molecule has 0 aliphatic heterocycles. The van der Waals surface area contributed by atoms with Crippen LogP contribution in [0.2, 0.25) is 0 Å². The molecule has 0 spiro atoms. The van der Waals surface area contributed by atoms with E-state index in [2.05, 4.69) is 48.6 Å². The van der Waals surface area contributed by atoms with E-state index >= 15 is 0 Å². The highest BCUT2D eigenvalue weighted by Crippen LogP contribution is 2.22. The minimum atomic E-state index is -0.260. The van der Waals surface area contributed by atoms with E-state index in [1.165, 1.54) is 11.1 Å². The molecule has 0 saturated heterocycles. The van der Waals surface area contributed by atoms with Gasteiger partial charge in [-0.15, -0.1) is 0 Å². The van der Waals surface area contributed by atoms with Crippen LogP contribution in [-0.4, -0.2) is 17.6 Å². The summed E-state index contributed by atoms with van der Waals surface area (Å²) in [5, 5.41) is 15.3. The topological polar surface area (TPSA) is 70.6 Å². The minimum Gasteiger partial charge on any atom is -0.409 e. The molecule has 0 heterocycles. The molecule has 1 aromatic carbocycles. The van der Waals surface area contributed by atoms with Gasteiger partial charge in [0.05, 0.1) is 0 Å². The molecule has 1 rings (SSSR count). The summed E-state index contributed by atoms with van der Waals surface area (Å²) in [4.78, 5) is 0. The molecule has 0 aromatic heterocycles. The molecule has 1 unspecified atom stereocenters. The number of hydrogen-bond donors (Lipinski definition) is 3. The highest BCUT2D eigenvalue weighted by molar-refractivity contribution is 5.85. The molecule has 0 fully saturated rings. The number of oxime groups is 1. The van der Waals surface area contributed by atoms with E-state index in [1.807, 2.05) is 13.8 Å². The molecular formula is C16H27N3O. The average Bonchev–Trinajstić information content (AvgIpc) is 2.43. The van der Waals surface area contributed by atoms with Gasteiger partial charge in [0.15, 0.2) is 0 Å². The van der Waals surface area contributed by atoms with Crippen LogP contribution in [0.5, 0.6) is 0 Å². The first-order valence-corrected chi connectivity index (χ1v) is 7.15. The number of aryl methyl sites for hydroxylation is 1. The Labute approximate surface area is 122 Å². The van der Waals surface area contributed by atoms with E-state index in [0.29, 0.717) is 11.9 Å². The summed E-state index contributed by atoms with van der Waals surface area (Å²) in [6.45, 7) is 9.16. The van der Waals surface area contributed by atoms with Crippen LogP contribution >= 0.6 is 0 Å². The van der Waals surface area contributed by atoms with Crippen molar-refractivity contribution in [2.45, 2.75) is 46.6 Å². The molecular weight excluding hydrogens is 250 g/mol. The summed E-state index contributed by atoms with van der Waals surface area (Å²) in [6.07, 6.45) is 1.87. The molecule has 1 aromatic rings. The monoisotopic (exact) mass is 277 g/mol. The molecule has 0 saturated carbocycles. The summed E-state index contributed by atoms with van der Waals surface area (Å²) >= 11 is 0. The maximum absolute atomic E-state index is 8.73. The summed E-state index contributed by atoms with van der Waals surface area (Å²) in [7, 11) is 0. The predicted molar refractivity (Wildman–Crippen MR) is 84.0 cm³/mol. The third-order valence-corrected chi connectivity index (χ3v) is 3.81. The lowest BCUT2D eigenvalue weighted by Crippen LogP contribution is -2.32. The first kappa shape index (κ1) is 16.5. The zero-order chi connectivity index (χ0) is 15.2. The Bertz CT molecular complexity index is 438. The first-order chi connectivity index (χ1) is 9.36. The Morgan fingerprint density at radius 2 is 1.95 bits per heavy atom. The zero-order valence-electron chi connectivity index (χ0n) is 13.0. The molecule has 0 aliphatic rings. The zero-order valence-corrected chi connectivity index (χ0v) is 13.0. The highest BCUT2D eigenvalue weighted by Gasteiger charge is 2.22. The molecule has 4 N–H and O–H groups in total. The third-order valence-electron chi connectivity index (χ3n) is 3.81. The lowest BCUT2D eigenvalue weighted by Gasteiger charge is -2.23. The molecule has 0 aliphatic carbocycles. The van der Waals surface area contributed by atoms with Crippen LogP contribution < -0.4 is 11.1 Å². The van der Waals surface area contributed by atoms with Crippen LogP contribution in [0.4, 0.5) is 0 Å². The second-order valence-electron chi connectivity index (χ2n) is 6.06. The van der Waals surface area contributed by atoms with E-state index in [9.17, 15) is 0 Å². The van der Waals surface area contributed by atoms with Crippen molar-refractivity contribution in [3.63, 3.8) is 0 Å². The number of nitrogens with zero attached hydrogens (tertiary/aromatic N) is 1. The number of rotatable bonds is 7. The van der Waals surface area contributed by atoms with Crippen LogP contribution in [0, 0.1) is 12.3 Å². The van der Waals surface area contributed by atoms with Crippen LogP contribution in [0.1, 0.15) is 50.8 Å². The maximum atomic E-state index is 8.73. The lowest BCUT2D eigenvalue weighted by molar-refractivity contribution is 0.304. The minimum absolute atomic E-state index is 0.260. The molecule has 1 atom stereocenters. The van der Waals surface area contributed by atoms with Crippen molar-refractivity contribution in [3.05, 3.63) is 35.4 Å². The van der Waals surface area contributed by atoms with Crippen molar-refractivity contribution >= 4 is 5.84 Å². The van der Waals surface area contributed by atoms with Gasteiger partial charge in [-0.25, -0.2) is 0 Å². The fourth-order valence-electron chi connectivity index (χ4n) is 2.09. The van der Waals surface area contributed by atoms with E-state index in [4.69, 9.17) is 10.9 Å². The van der Waals surface area contributed by atoms with Gasteiger partial charge in [0.2, 0.25) is 0 Å². The molecule has 4 heteroatoms. The van der Waals surface area contributed by atoms with Gasteiger partial charge in [-0.2, -0.15) is 0 Å². The molecule has 20 heavy (non-hydrogen) atoms. The predicted octanol–water partition coefficient (Wildman–Crippen LogP) is 3.20. The standard InChI is InChI=1S/C16H27N3O/c1-12-6-8-14(9-7-12)13(2)18-11-5-10-16(3,4)15(17)19-20/h6-9,13,18,20H,5,10-11H2,1-4H3,(H2,17,19). The normalized spacial score (nSPS) is 14.3. The summed E-state index contributed by atoms with van der Waals surface area (Å²) < 4.78 is 0. The van der Waals surface area contributed by atoms with Gasteiger partial charge in [0.1, 0.15) is 5.84 Å².